The molecule has 0 spiro atoms. The van der Waals surface area contributed by atoms with Crippen molar-refractivity contribution < 1.29 is 29.0 Å². The highest BCUT2D eigenvalue weighted by Gasteiger charge is 2.28. The highest BCUT2D eigenvalue weighted by atomic mass is 35.5. The number of aromatic nitrogens is 2. The molecule has 0 atom stereocenters. The molecule has 0 fully saturated rings. The molecule has 2 heterocycles. The number of hydrogen-bond acceptors (Lipinski definition) is 4. The third-order valence-electron chi connectivity index (χ3n) is 5.17. The van der Waals surface area contributed by atoms with E-state index in [1.807, 2.05) is 6.07 Å². The smallest absolute Gasteiger partial charge is 0.338 e. The number of carboxylic acid groups (broad SMARTS) is 2. The molecule has 198 valence electrons. The van der Waals surface area contributed by atoms with Gasteiger partial charge in [-0.25, -0.2) is 9.18 Å². The molecule has 0 aliphatic carbocycles. The van der Waals surface area contributed by atoms with Gasteiger partial charge in [0.25, 0.3) is 5.91 Å². The van der Waals surface area contributed by atoms with Gasteiger partial charge < -0.3 is 20.5 Å². The van der Waals surface area contributed by atoms with E-state index in [0.717, 1.165) is 11.2 Å². The summed E-state index contributed by atoms with van der Waals surface area (Å²) in [5, 5.41) is 20.1. The second kappa shape index (κ2) is 12.9. The first-order valence-corrected chi connectivity index (χ1v) is 12.3. The zero-order chi connectivity index (χ0) is 28.0. The number of benzene rings is 2. The Balaban J connectivity index is 0.000000241. The Morgan fingerprint density at radius 3 is 2.24 bits per heavy atom. The summed E-state index contributed by atoms with van der Waals surface area (Å²) in [6.07, 6.45) is 3.60. The molecule has 0 bridgehead atoms. The van der Waals surface area contributed by atoms with Crippen LogP contribution in [0.4, 0.5) is 4.39 Å². The zero-order valence-electron chi connectivity index (χ0n) is 19.2. The van der Waals surface area contributed by atoms with Crippen molar-refractivity contribution in [3.05, 3.63) is 97.1 Å². The van der Waals surface area contributed by atoms with Crippen LogP contribution in [0.1, 0.15) is 32.0 Å². The summed E-state index contributed by atoms with van der Waals surface area (Å²) in [4.78, 5) is 41.3. The third-order valence-corrected chi connectivity index (χ3v) is 6.97. The number of carbonyl (C=O) groups is 3. The number of halogens is 5. The number of hydrogen-bond donors (Lipinski definition) is 4. The van der Waals surface area contributed by atoms with Gasteiger partial charge in [-0.05, 0) is 35.9 Å². The summed E-state index contributed by atoms with van der Waals surface area (Å²) in [5.41, 5.74) is 1.31. The number of rotatable bonds is 7. The van der Waals surface area contributed by atoms with Crippen LogP contribution in [-0.2, 0) is 17.6 Å². The molecule has 0 saturated heterocycles. The largest absolute Gasteiger partial charge is 0.481 e. The second-order valence-electron chi connectivity index (χ2n) is 7.71. The highest BCUT2D eigenvalue weighted by molar-refractivity contribution is 6.54. The molecule has 13 heteroatoms. The Morgan fingerprint density at radius 2 is 1.63 bits per heavy atom. The SMILES string of the molecule is O=C(O)Cc1c[nH]c2ccc(F)cc12.O=C(O)c1c(Cl)c(Cl)c(Cl)c(Cl)c1C(=O)NCCc1ccccn1. The molecule has 4 N–H and O–H groups in total. The molecule has 0 aliphatic rings. The fraction of sp³-hybridized carbons (Fsp3) is 0.120. The van der Waals surface area contributed by atoms with E-state index >= 15 is 0 Å². The van der Waals surface area contributed by atoms with Gasteiger partial charge in [0.05, 0.1) is 37.6 Å². The van der Waals surface area contributed by atoms with Crippen LogP contribution in [0.25, 0.3) is 10.9 Å². The van der Waals surface area contributed by atoms with E-state index in [0.29, 0.717) is 17.4 Å². The fourth-order valence-electron chi connectivity index (χ4n) is 3.44. The van der Waals surface area contributed by atoms with Crippen LogP contribution < -0.4 is 5.32 Å². The molecule has 2 aromatic carbocycles. The lowest BCUT2D eigenvalue weighted by atomic mass is 10.1. The molecule has 38 heavy (non-hydrogen) atoms. The maximum atomic E-state index is 12.9. The molecular weight excluding hydrogens is 583 g/mol. The van der Waals surface area contributed by atoms with Gasteiger partial charge in [0, 0.05) is 42.0 Å². The van der Waals surface area contributed by atoms with Crippen LogP contribution in [0.5, 0.6) is 0 Å². The second-order valence-corrected chi connectivity index (χ2v) is 9.22. The van der Waals surface area contributed by atoms with E-state index in [1.165, 1.54) is 12.1 Å². The van der Waals surface area contributed by atoms with Gasteiger partial charge in [-0.2, -0.15) is 0 Å². The number of carboxylic acids is 2. The van der Waals surface area contributed by atoms with E-state index in [1.54, 1.807) is 30.6 Å². The van der Waals surface area contributed by atoms with Crippen molar-refractivity contribution in [1.82, 2.24) is 15.3 Å². The number of nitrogens with one attached hydrogen (secondary N) is 2. The molecule has 0 unspecified atom stereocenters. The first-order chi connectivity index (χ1) is 18.0. The molecular formula is C25H18Cl4FN3O5. The monoisotopic (exact) mass is 599 g/mol. The van der Waals surface area contributed by atoms with Crippen LogP contribution in [0.15, 0.2) is 48.8 Å². The Morgan fingerprint density at radius 1 is 0.947 bits per heavy atom. The average molecular weight is 601 g/mol. The molecule has 1 amide bonds. The van der Waals surface area contributed by atoms with Crippen molar-refractivity contribution in [2.45, 2.75) is 12.8 Å². The Bertz CT molecular complexity index is 1510. The third kappa shape index (κ3) is 6.93. The number of aromatic carboxylic acids is 1. The number of carbonyl (C=O) groups excluding carboxylic acids is 1. The number of pyridine rings is 1. The Labute approximate surface area is 235 Å². The van der Waals surface area contributed by atoms with Crippen LogP contribution in [-0.4, -0.2) is 44.6 Å². The highest BCUT2D eigenvalue weighted by Crippen LogP contribution is 2.41. The minimum Gasteiger partial charge on any atom is -0.481 e. The molecule has 2 aromatic heterocycles. The van der Waals surface area contributed by atoms with Crippen molar-refractivity contribution in [1.29, 1.82) is 0 Å². The predicted molar refractivity (Wildman–Crippen MR) is 143 cm³/mol. The minimum atomic E-state index is -1.43. The lowest BCUT2D eigenvalue weighted by molar-refractivity contribution is -0.136. The predicted octanol–water partition coefficient (Wildman–Crippen LogP) is 6.30. The van der Waals surface area contributed by atoms with E-state index in [2.05, 4.69) is 15.3 Å². The normalized spacial score (nSPS) is 10.6. The summed E-state index contributed by atoms with van der Waals surface area (Å²) in [6, 6.07) is 9.67. The lowest BCUT2D eigenvalue weighted by Gasteiger charge is -2.13. The van der Waals surface area contributed by atoms with Crippen LogP contribution in [0.3, 0.4) is 0 Å². The number of aromatic amines is 1. The Kier molecular flexibility index (Phi) is 9.93. The summed E-state index contributed by atoms with van der Waals surface area (Å²) >= 11 is 23.6. The lowest BCUT2D eigenvalue weighted by Crippen LogP contribution is -2.28. The van der Waals surface area contributed by atoms with Crippen LogP contribution in [0, 0.1) is 5.82 Å². The van der Waals surface area contributed by atoms with E-state index in [-0.39, 0.29) is 44.4 Å². The van der Waals surface area contributed by atoms with Crippen LogP contribution >= 0.6 is 46.4 Å². The average Bonchev–Trinajstić information content (AvgIpc) is 3.26. The molecule has 0 radical (unpaired) electrons. The van der Waals surface area contributed by atoms with Crippen molar-refractivity contribution >= 4 is 75.2 Å². The van der Waals surface area contributed by atoms with Gasteiger partial charge in [0.15, 0.2) is 0 Å². The van der Waals surface area contributed by atoms with Gasteiger partial charge in [0.1, 0.15) is 5.82 Å². The maximum absolute atomic E-state index is 12.9. The number of nitrogens with zero attached hydrogens (tertiary/aromatic N) is 1. The number of H-pyrrole nitrogens is 1. The number of amides is 1. The number of fused-ring (bicyclic) bond motifs is 1. The van der Waals surface area contributed by atoms with Gasteiger partial charge in [-0.3, -0.25) is 14.6 Å². The molecule has 4 rings (SSSR count). The van der Waals surface area contributed by atoms with Gasteiger partial charge in [-0.15, -0.1) is 0 Å². The molecule has 0 aliphatic heterocycles. The summed E-state index contributed by atoms with van der Waals surface area (Å²) in [7, 11) is 0. The van der Waals surface area contributed by atoms with Gasteiger partial charge in [0.2, 0.25) is 0 Å². The first-order valence-electron chi connectivity index (χ1n) is 10.8. The Hall–Kier alpha value is -3.37. The summed E-state index contributed by atoms with van der Waals surface area (Å²) < 4.78 is 12.9. The zero-order valence-corrected chi connectivity index (χ0v) is 22.2. The minimum absolute atomic E-state index is 0.0938. The van der Waals surface area contributed by atoms with E-state index in [4.69, 9.17) is 51.5 Å². The quantitative estimate of drug-likeness (QED) is 0.145. The molecule has 8 nitrogen and oxygen atoms in total. The topological polar surface area (TPSA) is 132 Å². The van der Waals surface area contributed by atoms with Crippen molar-refractivity contribution in [2.24, 2.45) is 0 Å². The van der Waals surface area contributed by atoms with Crippen molar-refractivity contribution in [3.63, 3.8) is 0 Å². The summed E-state index contributed by atoms with van der Waals surface area (Å²) in [6.45, 7) is 0.225. The molecule has 0 saturated carbocycles. The molecule has 4 aromatic rings. The summed E-state index contributed by atoms with van der Waals surface area (Å²) in [5.74, 6) is -3.43. The van der Waals surface area contributed by atoms with E-state index < -0.39 is 23.4 Å². The number of aliphatic carboxylic acids is 1. The van der Waals surface area contributed by atoms with Crippen LogP contribution in [0.2, 0.25) is 20.1 Å². The van der Waals surface area contributed by atoms with Gasteiger partial charge in [-0.1, -0.05) is 52.5 Å². The fourth-order valence-corrected chi connectivity index (χ4v) is 4.46. The first kappa shape index (κ1) is 29.2. The maximum Gasteiger partial charge on any atom is 0.338 e. The van der Waals surface area contributed by atoms with Crippen molar-refractivity contribution in [2.75, 3.05) is 6.54 Å². The standard InChI is InChI=1S/C15H10Cl4N2O3.C10H8FNO2/c16-10-8(9(15(23)24)11(17)13(19)12(10)18)14(22)21-6-4-7-3-1-2-5-20-7;11-7-1-2-9-8(4-7)6(5-12-9)3-10(13)14/h1-3,5H,4,6H2,(H,21,22)(H,23,24);1-2,4-5,12H,3H2,(H,13,14). The van der Waals surface area contributed by atoms with Gasteiger partial charge >= 0.3 is 11.9 Å². The van der Waals surface area contributed by atoms with Crippen molar-refractivity contribution in [3.8, 4) is 0 Å². The van der Waals surface area contributed by atoms with E-state index in [9.17, 15) is 23.9 Å².